The Morgan fingerprint density at radius 1 is 1.64 bits per heavy atom. The van der Waals surface area contributed by atoms with Crippen molar-refractivity contribution < 1.29 is 9.90 Å². The highest BCUT2D eigenvalue weighted by atomic mass is 16.3. The largest absolute Gasteiger partial charge is 0.396 e. The van der Waals surface area contributed by atoms with Gasteiger partial charge in [-0.3, -0.25) is 4.79 Å². The summed E-state index contributed by atoms with van der Waals surface area (Å²) in [5, 5.41) is 13.9. The molecule has 0 aromatic rings. The second kappa shape index (κ2) is 6.12. The number of carbonyl (C=O) groups excluding carboxylic acids is 1. The molecule has 0 aromatic carbocycles. The molecule has 0 aliphatic carbocycles. The van der Waals surface area contributed by atoms with Crippen molar-refractivity contribution in [3.63, 3.8) is 0 Å². The van der Waals surface area contributed by atoms with Crippen molar-refractivity contribution in [3.05, 3.63) is 0 Å². The van der Waals surface area contributed by atoms with E-state index < -0.39 is 0 Å². The minimum Gasteiger partial charge on any atom is -0.396 e. The number of amides is 1. The molecule has 0 bridgehead atoms. The molecule has 0 fully saturated rings. The van der Waals surface area contributed by atoms with Crippen molar-refractivity contribution in [2.75, 3.05) is 20.2 Å². The van der Waals surface area contributed by atoms with Gasteiger partial charge in [0.25, 0.3) is 0 Å². The molecule has 11 heavy (non-hydrogen) atoms. The monoisotopic (exact) mass is 160 g/mol. The van der Waals surface area contributed by atoms with Crippen LogP contribution in [0.25, 0.3) is 0 Å². The molecule has 1 atom stereocenters. The summed E-state index contributed by atoms with van der Waals surface area (Å²) in [7, 11) is 1.73. The topological polar surface area (TPSA) is 61.4 Å². The Kier molecular flexibility index (Phi) is 5.78. The first-order valence-corrected chi connectivity index (χ1v) is 3.78. The molecule has 0 saturated heterocycles. The van der Waals surface area contributed by atoms with Crippen LogP contribution in [0.3, 0.4) is 0 Å². The Morgan fingerprint density at radius 3 is 2.73 bits per heavy atom. The maximum Gasteiger partial charge on any atom is 0.236 e. The van der Waals surface area contributed by atoms with Crippen LogP contribution in [0.1, 0.15) is 13.3 Å². The van der Waals surface area contributed by atoms with Crippen LogP contribution in [-0.2, 0) is 4.79 Å². The van der Waals surface area contributed by atoms with Gasteiger partial charge in [0, 0.05) is 13.2 Å². The second-order valence-corrected chi connectivity index (χ2v) is 2.38. The summed E-state index contributed by atoms with van der Waals surface area (Å²) in [6.07, 6.45) is 0.613. The van der Waals surface area contributed by atoms with Crippen LogP contribution in [0, 0.1) is 0 Å². The van der Waals surface area contributed by atoms with E-state index in [-0.39, 0.29) is 18.6 Å². The number of aliphatic hydroxyl groups is 1. The van der Waals surface area contributed by atoms with E-state index in [2.05, 4.69) is 10.6 Å². The standard InChI is InChI=1S/C7H16N2O2/c1-6(8-2)7(11)9-4-3-5-10/h6,8,10H,3-5H2,1-2H3,(H,9,11). The first kappa shape index (κ1) is 10.4. The third-order valence-corrected chi connectivity index (χ3v) is 1.46. The van der Waals surface area contributed by atoms with Gasteiger partial charge < -0.3 is 15.7 Å². The van der Waals surface area contributed by atoms with Gasteiger partial charge in [-0.1, -0.05) is 0 Å². The predicted octanol–water partition coefficient (Wildman–Crippen LogP) is -0.907. The van der Waals surface area contributed by atoms with E-state index in [1.165, 1.54) is 0 Å². The smallest absolute Gasteiger partial charge is 0.236 e. The Labute approximate surface area is 67.0 Å². The number of carbonyl (C=O) groups is 1. The number of hydrogen-bond acceptors (Lipinski definition) is 3. The van der Waals surface area contributed by atoms with Crippen LogP contribution in [-0.4, -0.2) is 37.3 Å². The van der Waals surface area contributed by atoms with Crippen molar-refractivity contribution in [1.29, 1.82) is 0 Å². The molecule has 0 radical (unpaired) electrons. The van der Waals surface area contributed by atoms with Gasteiger partial charge in [0.15, 0.2) is 0 Å². The first-order valence-electron chi connectivity index (χ1n) is 3.78. The quantitative estimate of drug-likeness (QED) is 0.456. The highest BCUT2D eigenvalue weighted by Gasteiger charge is 2.07. The summed E-state index contributed by atoms with van der Waals surface area (Å²) in [5.41, 5.74) is 0. The Hall–Kier alpha value is -0.610. The summed E-state index contributed by atoms with van der Waals surface area (Å²) in [6, 6.07) is -0.159. The van der Waals surface area contributed by atoms with Crippen LogP contribution >= 0.6 is 0 Å². The summed E-state index contributed by atoms with van der Waals surface area (Å²) >= 11 is 0. The highest BCUT2D eigenvalue weighted by Crippen LogP contribution is 1.79. The minimum absolute atomic E-state index is 0.0269. The lowest BCUT2D eigenvalue weighted by Gasteiger charge is -2.09. The maximum atomic E-state index is 11.0. The molecule has 4 nitrogen and oxygen atoms in total. The van der Waals surface area contributed by atoms with Crippen molar-refractivity contribution >= 4 is 5.91 Å². The van der Waals surface area contributed by atoms with Crippen LogP contribution in [0.15, 0.2) is 0 Å². The van der Waals surface area contributed by atoms with Crippen molar-refractivity contribution in [2.45, 2.75) is 19.4 Å². The van der Waals surface area contributed by atoms with Gasteiger partial charge in [-0.25, -0.2) is 0 Å². The van der Waals surface area contributed by atoms with Crippen LogP contribution < -0.4 is 10.6 Å². The van der Waals surface area contributed by atoms with Gasteiger partial charge in [-0.2, -0.15) is 0 Å². The highest BCUT2D eigenvalue weighted by molar-refractivity contribution is 5.81. The van der Waals surface area contributed by atoms with E-state index in [9.17, 15) is 4.79 Å². The summed E-state index contributed by atoms with van der Waals surface area (Å²) in [5.74, 6) is -0.0269. The Balaban J connectivity index is 3.36. The molecule has 0 aliphatic heterocycles. The van der Waals surface area contributed by atoms with Gasteiger partial charge in [-0.05, 0) is 20.4 Å². The average molecular weight is 160 g/mol. The molecule has 0 saturated carbocycles. The van der Waals surface area contributed by atoms with Crippen molar-refractivity contribution in [1.82, 2.24) is 10.6 Å². The van der Waals surface area contributed by atoms with Gasteiger partial charge in [0.1, 0.15) is 0 Å². The molecule has 3 N–H and O–H groups in total. The third kappa shape index (κ3) is 4.75. The molecule has 0 heterocycles. The Morgan fingerprint density at radius 2 is 2.27 bits per heavy atom. The van der Waals surface area contributed by atoms with E-state index in [0.29, 0.717) is 13.0 Å². The predicted molar refractivity (Wildman–Crippen MR) is 43.2 cm³/mol. The molecule has 0 aliphatic rings. The number of hydrogen-bond donors (Lipinski definition) is 3. The summed E-state index contributed by atoms with van der Waals surface area (Å²) in [4.78, 5) is 11.0. The molecule has 1 unspecified atom stereocenters. The third-order valence-electron chi connectivity index (χ3n) is 1.46. The van der Waals surface area contributed by atoms with Crippen LogP contribution in [0.5, 0.6) is 0 Å². The van der Waals surface area contributed by atoms with Gasteiger partial charge >= 0.3 is 0 Å². The molecule has 1 amide bonds. The molecule has 0 spiro atoms. The fraction of sp³-hybridized carbons (Fsp3) is 0.857. The molecule has 0 rings (SSSR count). The van der Waals surface area contributed by atoms with E-state index >= 15 is 0 Å². The maximum absolute atomic E-state index is 11.0. The average Bonchev–Trinajstić information content (AvgIpc) is 2.03. The fourth-order valence-corrected chi connectivity index (χ4v) is 0.575. The molecule has 4 heteroatoms. The van der Waals surface area contributed by atoms with E-state index in [1.807, 2.05) is 0 Å². The normalized spacial score (nSPS) is 12.6. The lowest BCUT2D eigenvalue weighted by molar-refractivity contribution is -0.122. The second-order valence-electron chi connectivity index (χ2n) is 2.38. The fourth-order valence-electron chi connectivity index (χ4n) is 0.575. The zero-order valence-electron chi connectivity index (χ0n) is 7.05. The van der Waals surface area contributed by atoms with Gasteiger partial charge in [0.2, 0.25) is 5.91 Å². The van der Waals surface area contributed by atoms with Crippen LogP contribution in [0.2, 0.25) is 0 Å². The number of rotatable bonds is 5. The summed E-state index contributed by atoms with van der Waals surface area (Å²) in [6.45, 7) is 2.45. The number of nitrogens with one attached hydrogen (secondary N) is 2. The zero-order chi connectivity index (χ0) is 8.69. The number of likely N-dealkylation sites (N-methyl/N-ethyl adjacent to an activating group) is 1. The lowest BCUT2D eigenvalue weighted by Crippen LogP contribution is -2.40. The molecular formula is C7H16N2O2. The van der Waals surface area contributed by atoms with E-state index in [4.69, 9.17) is 5.11 Å². The van der Waals surface area contributed by atoms with Gasteiger partial charge in [0.05, 0.1) is 6.04 Å². The SMILES string of the molecule is CNC(C)C(=O)NCCCO. The van der Waals surface area contributed by atoms with Crippen molar-refractivity contribution in [2.24, 2.45) is 0 Å². The first-order chi connectivity index (χ1) is 5.22. The van der Waals surface area contributed by atoms with Crippen molar-refractivity contribution in [3.8, 4) is 0 Å². The Bertz CT molecular complexity index is 117. The molecular weight excluding hydrogens is 144 g/mol. The number of aliphatic hydroxyl groups excluding tert-OH is 1. The van der Waals surface area contributed by atoms with E-state index in [1.54, 1.807) is 14.0 Å². The zero-order valence-corrected chi connectivity index (χ0v) is 7.05. The van der Waals surface area contributed by atoms with E-state index in [0.717, 1.165) is 0 Å². The minimum atomic E-state index is -0.159. The lowest BCUT2D eigenvalue weighted by atomic mass is 10.3. The van der Waals surface area contributed by atoms with Crippen LogP contribution in [0.4, 0.5) is 0 Å². The molecule has 0 aromatic heterocycles. The molecule has 66 valence electrons. The van der Waals surface area contributed by atoms with Gasteiger partial charge in [-0.15, -0.1) is 0 Å². The summed E-state index contributed by atoms with van der Waals surface area (Å²) < 4.78 is 0.